The third kappa shape index (κ3) is 5.35. The van der Waals surface area contributed by atoms with Gasteiger partial charge in [0.15, 0.2) is 0 Å². The van der Waals surface area contributed by atoms with E-state index in [1.54, 1.807) is 6.20 Å². The quantitative estimate of drug-likeness (QED) is 0.640. The van der Waals surface area contributed by atoms with Crippen LogP contribution >= 0.6 is 27.5 Å². The number of anilines is 1. The number of rotatable bonds is 6. The van der Waals surface area contributed by atoms with Crippen LogP contribution in [0, 0.1) is 0 Å². The van der Waals surface area contributed by atoms with E-state index in [2.05, 4.69) is 25.8 Å². The summed E-state index contributed by atoms with van der Waals surface area (Å²) in [5.41, 5.74) is 0. The van der Waals surface area contributed by atoms with Crippen LogP contribution in [0.25, 0.3) is 0 Å². The van der Waals surface area contributed by atoms with Gasteiger partial charge in [0.1, 0.15) is 11.6 Å². The number of aromatic nitrogens is 1. The van der Waals surface area contributed by atoms with E-state index >= 15 is 0 Å². The van der Waals surface area contributed by atoms with Crippen molar-refractivity contribution in [3.63, 3.8) is 0 Å². The Morgan fingerprint density at radius 3 is 2.69 bits per heavy atom. The van der Waals surface area contributed by atoms with Gasteiger partial charge in [-0.2, -0.15) is 0 Å². The average Bonchev–Trinajstić information content (AvgIpc) is 2.66. The van der Waals surface area contributed by atoms with Crippen LogP contribution in [-0.2, 0) is 4.79 Å². The molecule has 0 unspecified atom stereocenters. The summed E-state index contributed by atoms with van der Waals surface area (Å²) < 4.78 is 6.67. The van der Waals surface area contributed by atoms with E-state index in [1.165, 1.54) is 0 Å². The second-order valence-corrected chi connectivity index (χ2v) is 7.46. The number of halogens is 2. The number of benzene rings is 1. The van der Waals surface area contributed by atoms with Crippen molar-refractivity contribution in [2.45, 2.75) is 12.8 Å². The van der Waals surface area contributed by atoms with E-state index in [9.17, 15) is 4.79 Å². The molecule has 1 aromatic heterocycles. The van der Waals surface area contributed by atoms with Crippen molar-refractivity contribution in [1.82, 2.24) is 9.88 Å². The van der Waals surface area contributed by atoms with Crippen molar-refractivity contribution in [2.24, 2.45) is 0 Å². The molecule has 1 aliphatic heterocycles. The highest BCUT2D eigenvalue weighted by molar-refractivity contribution is 9.10. The predicted octanol–water partition coefficient (Wildman–Crippen LogP) is 4.01. The van der Waals surface area contributed by atoms with Gasteiger partial charge in [-0.05, 0) is 36.8 Å². The van der Waals surface area contributed by atoms with Crippen LogP contribution in [0.5, 0.6) is 5.75 Å². The number of nitrogens with zero attached hydrogens (tertiary/aromatic N) is 3. The molecule has 2 aromatic rings. The summed E-state index contributed by atoms with van der Waals surface area (Å²) in [6.45, 7) is 3.55. The van der Waals surface area contributed by atoms with Crippen molar-refractivity contribution in [1.29, 1.82) is 0 Å². The van der Waals surface area contributed by atoms with E-state index in [-0.39, 0.29) is 5.91 Å². The maximum absolute atomic E-state index is 12.4. The number of pyridine rings is 1. The topological polar surface area (TPSA) is 45.7 Å². The number of carbonyl (C=O) groups is 1. The first-order valence-corrected chi connectivity index (χ1v) is 9.81. The molecule has 0 bridgehead atoms. The maximum Gasteiger partial charge on any atom is 0.222 e. The van der Waals surface area contributed by atoms with Gasteiger partial charge in [0.05, 0.1) is 11.6 Å². The molecule has 1 amide bonds. The molecule has 3 rings (SSSR count). The largest absolute Gasteiger partial charge is 0.494 e. The molecule has 1 fully saturated rings. The first-order valence-electron chi connectivity index (χ1n) is 8.64. The second kappa shape index (κ2) is 9.24. The first kappa shape index (κ1) is 19.0. The Hall–Kier alpha value is -1.79. The molecular weight excluding hydrogens is 418 g/mol. The Morgan fingerprint density at radius 1 is 1.19 bits per heavy atom. The maximum atomic E-state index is 12.4. The van der Waals surface area contributed by atoms with Crippen molar-refractivity contribution >= 4 is 39.3 Å². The zero-order valence-electron chi connectivity index (χ0n) is 14.4. The van der Waals surface area contributed by atoms with Gasteiger partial charge in [-0.1, -0.05) is 33.6 Å². The number of piperazine rings is 1. The number of ether oxygens (including phenoxy) is 1. The molecule has 5 nitrogen and oxygen atoms in total. The van der Waals surface area contributed by atoms with E-state index < -0.39 is 0 Å². The lowest BCUT2D eigenvalue weighted by molar-refractivity contribution is -0.131. The third-order valence-electron chi connectivity index (χ3n) is 4.27. The SMILES string of the molecule is O=C(CCCOc1cccc(Br)c1)N1CCN(c2ccc(Cl)cn2)CC1. The molecule has 1 aliphatic rings. The Kier molecular flexibility index (Phi) is 6.74. The van der Waals surface area contributed by atoms with E-state index in [0.717, 1.165) is 42.2 Å². The number of hydrogen-bond acceptors (Lipinski definition) is 4. The minimum atomic E-state index is 0.187. The van der Waals surface area contributed by atoms with Crippen molar-refractivity contribution in [2.75, 3.05) is 37.7 Å². The van der Waals surface area contributed by atoms with Gasteiger partial charge in [-0.3, -0.25) is 4.79 Å². The van der Waals surface area contributed by atoms with Crippen LogP contribution in [0.3, 0.4) is 0 Å². The Morgan fingerprint density at radius 2 is 2.00 bits per heavy atom. The van der Waals surface area contributed by atoms with Crippen LogP contribution < -0.4 is 9.64 Å². The van der Waals surface area contributed by atoms with Gasteiger partial charge < -0.3 is 14.5 Å². The lowest BCUT2D eigenvalue weighted by Gasteiger charge is -2.35. The average molecular weight is 439 g/mol. The summed E-state index contributed by atoms with van der Waals surface area (Å²) in [4.78, 5) is 20.8. The Labute approximate surface area is 167 Å². The fourth-order valence-corrected chi connectivity index (χ4v) is 3.36. The number of hydrogen-bond donors (Lipinski definition) is 0. The van der Waals surface area contributed by atoms with Crippen molar-refractivity contribution < 1.29 is 9.53 Å². The molecule has 0 radical (unpaired) electrons. The van der Waals surface area contributed by atoms with Gasteiger partial charge >= 0.3 is 0 Å². The summed E-state index contributed by atoms with van der Waals surface area (Å²) in [5, 5.41) is 0.632. The summed E-state index contributed by atoms with van der Waals surface area (Å²) >= 11 is 9.29. The Balaban J connectivity index is 1.37. The normalized spacial score (nSPS) is 14.4. The molecule has 0 N–H and O–H groups in total. The van der Waals surface area contributed by atoms with Gasteiger partial charge in [-0.25, -0.2) is 4.98 Å². The smallest absolute Gasteiger partial charge is 0.222 e. The number of amides is 1. The fraction of sp³-hybridized carbons (Fsp3) is 0.368. The zero-order valence-corrected chi connectivity index (χ0v) is 16.7. The molecular formula is C19H21BrClN3O2. The van der Waals surface area contributed by atoms with Crippen LogP contribution in [0.4, 0.5) is 5.82 Å². The molecule has 26 heavy (non-hydrogen) atoms. The molecule has 0 aliphatic carbocycles. The number of carbonyl (C=O) groups excluding carboxylic acids is 1. The third-order valence-corrected chi connectivity index (χ3v) is 4.98. The van der Waals surface area contributed by atoms with Gasteiger partial charge in [0.25, 0.3) is 0 Å². The molecule has 138 valence electrons. The van der Waals surface area contributed by atoms with Crippen LogP contribution in [0.15, 0.2) is 47.1 Å². The van der Waals surface area contributed by atoms with E-state index in [0.29, 0.717) is 24.5 Å². The molecule has 1 saturated heterocycles. The molecule has 7 heteroatoms. The first-order chi connectivity index (χ1) is 12.6. The highest BCUT2D eigenvalue weighted by Gasteiger charge is 2.21. The lowest BCUT2D eigenvalue weighted by atomic mass is 10.2. The lowest BCUT2D eigenvalue weighted by Crippen LogP contribution is -2.49. The molecule has 2 heterocycles. The summed E-state index contributed by atoms with van der Waals surface area (Å²) in [6, 6.07) is 11.5. The summed E-state index contributed by atoms with van der Waals surface area (Å²) in [7, 11) is 0. The van der Waals surface area contributed by atoms with Crippen molar-refractivity contribution in [3.8, 4) is 5.75 Å². The zero-order chi connectivity index (χ0) is 18.4. The highest BCUT2D eigenvalue weighted by atomic mass is 79.9. The van der Waals surface area contributed by atoms with Crippen LogP contribution in [0.2, 0.25) is 5.02 Å². The van der Waals surface area contributed by atoms with Crippen LogP contribution in [0.1, 0.15) is 12.8 Å². The molecule has 1 aromatic carbocycles. The molecule has 0 atom stereocenters. The van der Waals surface area contributed by atoms with Crippen molar-refractivity contribution in [3.05, 3.63) is 52.1 Å². The minimum Gasteiger partial charge on any atom is -0.494 e. The van der Waals surface area contributed by atoms with Crippen LogP contribution in [-0.4, -0.2) is 48.6 Å². The summed E-state index contributed by atoms with van der Waals surface area (Å²) in [6.07, 6.45) is 2.87. The predicted molar refractivity (Wildman–Crippen MR) is 107 cm³/mol. The second-order valence-electron chi connectivity index (χ2n) is 6.11. The van der Waals surface area contributed by atoms with E-state index in [1.807, 2.05) is 41.3 Å². The van der Waals surface area contributed by atoms with Gasteiger partial charge in [-0.15, -0.1) is 0 Å². The molecule has 0 spiro atoms. The fourth-order valence-electron chi connectivity index (χ4n) is 2.87. The Bertz CT molecular complexity index is 734. The van der Waals surface area contributed by atoms with E-state index in [4.69, 9.17) is 16.3 Å². The van der Waals surface area contributed by atoms with Gasteiger partial charge in [0.2, 0.25) is 5.91 Å². The summed E-state index contributed by atoms with van der Waals surface area (Å²) in [5.74, 6) is 1.91. The minimum absolute atomic E-state index is 0.187. The standard InChI is InChI=1S/C19H21BrClN3O2/c20-15-3-1-4-17(13-15)26-12-2-5-19(25)24-10-8-23(9-11-24)18-7-6-16(21)14-22-18/h1,3-4,6-7,13-14H,2,5,8-12H2. The monoisotopic (exact) mass is 437 g/mol. The molecule has 0 saturated carbocycles. The van der Waals surface area contributed by atoms with Gasteiger partial charge in [0, 0.05) is 43.3 Å². The highest BCUT2D eigenvalue weighted by Crippen LogP contribution is 2.19.